The Kier molecular flexibility index (Phi) is 36.7. The number of rotatable bonds is 37. The molecule has 0 aliphatic carbocycles. The number of carbonyl (C=O) groups excluding carboxylic acids is 1. The Labute approximate surface area is 292 Å². The van der Waals surface area contributed by atoms with E-state index in [9.17, 15) is 20.1 Å². The summed E-state index contributed by atoms with van der Waals surface area (Å²) in [4.78, 5) is 12.4. The summed E-state index contributed by atoms with van der Waals surface area (Å²) < 4.78 is 0. The van der Waals surface area contributed by atoms with Gasteiger partial charge in [-0.05, 0) is 32.1 Å². The second-order valence-corrected chi connectivity index (χ2v) is 14.2. The van der Waals surface area contributed by atoms with E-state index in [4.69, 9.17) is 0 Å². The second-order valence-electron chi connectivity index (χ2n) is 14.2. The maximum atomic E-state index is 12.4. The molecule has 5 nitrogen and oxygen atoms in total. The molecular weight excluding hydrogens is 582 g/mol. The normalized spacial score (nSPS) is 13.9. The van der Waals surface area contributed by atoms with Crippen molar-refractivity contribution < 1.29 is 20.1 Å². The molecule has 278 valence electrons. The van der Waals surface area contributed by atoms with Gasteiger partial charge in [0, 0.05) is 0 Å². The first-order valence-electron chi connectivity index (χ1n) is 20.7. The standard InChI is InChI=1S/C42H81NO4/c1-3-5-7-9-11-13-15-17-19-21-23-25-27-29-31-33-35-37-41(46)42(47)43-39(38-44)40(45)36-34-32-30-28-26-24-22-20-18-16-14-12-10-8-6-4-2/h26,28,34,36,39-41,44-46H,3-25,27,29-33,35,37-38H2,1-2H3,(H,43,47)/b28-26+,36-34+. The highest BCUT2D eigenvalue weighted by molar-refractivity contribution is 5.80. The molecule has 0 radical (unpaired) electrons. The SMILES string of the molecule is CCCCCCCCCCCC/C=C/CC/C=C/C(O)C(CO)NC(=O)C(O)CCCCCCCCCCCCCCCCCCC. The number of amides is 1. The lowest BCUT2D eigenvalue weighted by Gasteiger charge is -2.21. The predicted molar refractivity (Wildman–Crippen MR) is 204 cm³/mol. The highest BCUT2D eigenvalue weighted by Crippen LogP contribution is 2.15. The molecule has 3 atom stereocenters. The van der Waals surface area contributed by atoms with Crippen molar-refractivity contribution >= 4 is 5.91 Å². The summed E-state index contributed by atoms with van der Waals surface area (Å²) in [5, 5.41) is 33.0. The van der Waals surface area contributed by atoms with Crippen molar-refractivity contribution in [3.63, 3.8) is 0 Å². The number of unbranched alkanes of at least 4 members (excludes halogenated alkanes) is 27. The lowest BCUT2D eigenvalue weighted by Crippen LogP contribution is -2.48. The van der Waals surface area contributed by atoms with Gasteiger partial charge in [-0.1, -0.05) is 205 Å². The Balaban J connectivity index is 3.72. The summed E-state index contributed by atoms with van der Waals surface area (Å²) in [7, 11) is 0. The molecule has 0 aromatic rings. The van der Waals surface area contributed by atoms with E-state index in [1.807, 2.05) is 6.08 Å². The number of aliphatic hydroxyl groups is 3. The first-order valence-corrected chi connectivity index (χ1v) is 20.7. The summed E-state index contributed by atoms with van der Waals surface area (Å²) in [6.45, 7) is 4.17. The van der Waals surface area contributed by atoms with Crippen LogP contribution in [0.1, 0.15) is 213 Å². The van der Waals surface area contributed by atoms with E-state index in [0.717, 1.165) is 38.5 Å². The topological polar surface area (TPSA) is 89.8 Å². The Bertz CT molecular complexity index is 694. The van der Waals surface area contributed by atoms with Crippen LogP contribution < -0.4 is 5.32 Å². The third-order valence-corrected chi connectivity index (χ3v) is 9.54. The summed E-state index contributed by atoms with van der Waals surface area (Å²) in [5.74, 6) is -0.511. The number of allylic oxidation sites excluding steroid dienone is 3. The van der Waals surface area contributed by atoms with Crippen LogP contribution in [0.2, 0.25) is 0 Å². The Morgan fingerprint density at radius 2 is 0.872 bits per heavy atom. The zero-order valence-corrected chi connectivity index (χ0v) is 31.4. The zero-order chi connectivity index (χ0) is 34.5. The van der Waals surface area contributed by atoms with Gasteiger partial charge in [-0.25, -0.2) is 0 Å². The summed E-state index contributed by atoms with van der Waals surface area (Å²) >= 11 is 0. The summed E-state index contributed by atoms with van der Waals surface area (Å²) in [5.41, 5.74) is 0. The first-order chi connectivity index (χ1) is 23.1. The van der Waals surface area contributed by atoms with Gasteiger partial charge in [0.15, 0.2) is 0 Å². The molecule has 0 heterocycles. The molecule has 0 aliphatic heterocycles. The monoisotopic (exact) mass is 664 g/mol. The smallest absolute Gasteiger partial charge is 0.249 e. The Morgan fingerprint density at radius 1 is 0.511 bits per heavy atom. The van der Waals surface area contributed by atoms with Gasteiger partial charge >= 0.3 is 0 Å². The largest absolute Gasteiger partial charge is 0.394 e. The fourth-order valence-electron chi connectivity index (χ4n) is 6.26. The summed E-state index contributed by atoms with van der Waals surface area (Å²) in [6.07, 6.45) is 44.9. The Hall–Kier alpha value is -1.17. The lowest BCUT2D eigenvalue weighted by atomic mass is 10.0. The third kappa shape index (κ3) is 33.1. The molecule has 0 aromatic heterocycles. The van der Waals surface area contributed by atoms with Crippen LogP contribution in [0.5, 0.6) is 0 Å². The van der Waals surface area contributed by atoms with Crippen LogP contribution >= 0.6 is 0 Å². The van der Waals surface area contributed by atoms with Crippen molar-refractivity contribution in [2.24, 2.45) is 0 Å². The molecule has 0 saturated heterocycles. The molecule has 0 aromatic carbocycles. The molecule has 1 amide bonds. The van der Waals surface area contributed by atoms with E-state index in [0.29, 0.717) is 6.42 Å². The third-order valence-electron chi connectivity index (χ3n) is 9.54. The quantitative estimate of drug-likeness (QED) is 0.0393. The molecule has 3 unspecified atom stereocenters. The van der Waals surface area contributed by atoms with Crippen molar-refractivity contribution in [2.75, 3.05) is 6.61 Å². The van der Waals surface area contributed by atoms with Gasteiger partial charge in [-0.15, -0.1) is 0 Å². The van der Waals surface area contributed by atoms with E-state index in [2.05, 4.69) is 31.3 Å². The minimum atomic E-state index is -1.10. The highest BCUT2D eigenvalue weighted by Gasteiger charge is 2.22. The second kappa shape index (κ2) is 37.6. The number of hydrogen-bond donors (Lipinski definition) is 4. The molecule has 0 saturated carbocycles. The van der Waals surface area contributed by atoms with Crippen LogP contribution in [0.4, 0.5) is 0 Å². The molecule has 0 aliphatic rings. The summed E-state index contributed by atoms with van der Waals surface area (Å²) in [6, 6.07) is -0.809. The van der Waals surface area contributed by atoms with Crippen LogP contribution in [-0.2, 0) is 4.79 Å². The molecule has 47 heavy (non-hydrogen) atoms. The van der Waals surface area contributed by atoms with Crippen molar-refractivity contribution in [3.8, 4) is 0 Å². The highest BCUT2D eigenvalue weighted by atomic mass is 16.3. The van der Waals surface area contributed by atoms with E-state index in [1.165, 1.54) is 154 Å². The predicted octanol–water partition coefficient (Wildman–Crippen LogP) is 11.4. The molecular formula is C42H81NO4. The average Bonchev–Trinajstić information content (AvgIpc) is 3.07. The van der Waals surface area contributed by atoms with Gasteiger partial charge in [0.2, 0.25) is 5.91 Å². The van der Waals surface area contributed by atoms with Crippen molar-refractivity contribution in [1.82, 2.24) is 5.32 Å². The molecule has 0 bridgehead atoms. The molecule has 4 N–H and O–H groups in total. The van der Waals surface area contributed by atoms with Crippen LogP contribution in [0.25, 0.3) is 0 Å². The van der Waals surface area contributed by atoms with Crippen LogP contribution in [0, 0.1) is 0 Å². The van der Waals surface area contributed by atoms with Crippen molar-refractivity contribution in [3.05, 3.63) is 24.3 Å². The van der Waals surface area contributed by atoms with E-state index >= 15 is 0 Å². The zero-order valence-electron chi connectivity index (χ0n) is 31.4. The van der Waals surface area contributed by atoms with Crippen molar-refractivity contribution in [2.45, 2.75) is 231 Å². The first kappa shape index (κ1) is 45.8. The maximum absolute atomic E-state index is 12.4. The van der Waals surface area contributed by atoms with Crippen LogP contribution in [0.15, 0.2) is 24.3 Å². The van der Waals surface area contributed by atoms with Gasteiger partial charge in [-0.3, -0.25) is 4.79 Å². The van der Waals surface area contributed by atoms with Gasteiger partial charge in [0.25, 0.3) is 0 Å². The number of carbonyl (C=O) groups is 1. The van der Waals surface area contributed by atoms with Crippen LogP contribution in [-0.4, -0.2) is 46.1 Å². The van der Waals surface area contributed by atoms with Gasteiger partial charge in [-0.2, -0.15) is 0 Å². The van der Waals surface area contributed by atoms with E-state index in [-0.39, 0.29) is 6.61 Å². The van der Waals surface area contributed by atoms with Gasteiger partial charge < -0.3 is 20.6 Å². The fourth-order valence-corrected chi connectivity index (χ4v) is 6.26. The Morgan fingerprint density at radius 3 is 1.30 bits per heavy atom. The molecule has 0 rings (SSSR count). The van der Waals surface area contributed by atoms with Gasteiger partial charge in [0.05, 0.1) is 18.8 Å². The molecule has 5 heteroatoms. The van der Waals surface area contributed by atoms with Crippen molar-refractivity contribution in [1.29, 1.82) is 0 Å². The number of aliphatic hydroxyl groups excluding tert-OH is 3. The fraction of sp³-hybridized carbons (Fsp3) is 0.881. The number of nitrogens with one attached hydrogen (secondary N) is 1. The van der Waals surface area contributed by atoms with E-state index in [1.54, 1.807) is 6.08 Å². The van der Waals surface area contributed by atoms with E-state index < -0.39 is 24.2 Å². The van der Waals surface area contributed by atoms with Gasteiger partial charge in [0.1, 0.15) is 6.10 Å². The lowest BCUT2D eigenvalue weighted by molar-refractivity contribution is -0.131. The minimum Gasteiger partial charge on any atom is -0.394 e. The molecule has 0 spiro atoms. The molecule has 0 fully saturated rings. The number of hydrogen-bond acceptors (Lipinski definition) is 4. The van der Waals surface area contributed by atoms with Crippen LogP contribution in [0.3, 0.4) is 0 Å². The maximum Gasteiger partial charge on any atom is 0.249 e. The minimum absolute atomic E-state index is 0.373. The average molecular weight is 664 g/mol.